The molecule has 0 spiro atoms. The normalized spacial score (nSPS) is 14.4. The van der Waals surface area contributed by atoms with Crippen LogP contribution in [0.1, 0.15) is 24.8 Å². The molecule has 0 aliphatic carbocycles. The van der Waals surface area contributed by atoms with Crippen LogP contribution in [0, 0.1) is 10.1 Å². The minimum absolute atomic E-state index is 0.113. The first kappa shape index (κ1) is 16.5. The van der Waals surface area contributed by atoms with Gasteiger partial charge in [0.15, 0.2) is 5.17 Å². The van der Waals surface area contributed by atoms with E-state index >= 15 is 0 Å². The van der Waals surface area contributed by atoms with Crippen molar-refractivity contribution in [2.75, 3.05) is 12.4 Å². The molecule has 0 amide bonds. The summed E-state index contributed by atoms with van der Waals surface area (Å²) in [5, 5.41) is 11.5. The Balaban J connectivity index is 1.65. The van der Waals surface area contributed by atoms with Gasteiger partial charge in [-0.1, -0.05) is 23.9 Å². The summed E-state index contributed by atoms with van der Waals surface area (Å²) in [6.07, 6.45) is 4.76. The van der Waals surface area contributed by atoms with Crippen LogP contribution in [0.25, 0.3) is 0 Å². The van der Waals surface area contributed by atoms with Crippen molar-refractivity contribution >= 4 is 22.6 Å². The van der Waals surface area contributed by atoms with E-state index in [-0.39, 0.29) is 17.2 Å². The molecule has 118 valence electrons. The molecular weight excluding hydrogens is 302 g/mol. The Bertz CT molecular complexity index is 587. The van der Waals surface area contributed by atoms with Gasteiger partial charge in [0.25, 0.3) is 5.69 Å². The van der Waals surface area contributed by atoms with Gasteiger partial charge in [-0.05, 0) is 30.9 Å². The lowest BCUT2D eigenvalue weighted by atomic mass is 10.1. The third kappa shape index (κ3) is 5.16. The van der Waals surface area contributed by atoms with E-state index < -0.39 is 0 Å². The fourth-order valence-corrected chi connectivity index (χ4v) is 2.76. The van der Waals surface area contributed by atoms with E-state index in [1.165, 1.54) is 11.6 Å². The second-order valence-corrected chi connectivity index (χ2v) is 5.93. The highest BCUT2D eigenvalue weighted by Crippen LogP contribution is 2.20. The minimum Gasteiger partial charge on any atom is -0.378 e. The van der Waals surface area contributed by atoms with Gasteiger partial charge in [-0.25, -0.2) is 4.99 Å². The fraction of sp³-hybridized carbons (Fsp3) is 0.400. The summed E-state index contributed by atoms with van der Waals surface area (Å²) < 4.78 is 5.54. The molecular formula is C15H19N3O3S. The predicted molar refractivity (Wildman–Crippen MR) is 88.8 cm³/mol. The van der Waals surface area contributed by atoms with Gasteiger partial charge in [-0.2, -0.15) is 0 Å². The van der Waals surface area contributed by atoms with E-state index in [0.717, 1.165) is 25.0 Å². The zero-order valence-corrected chi connectivity index (χ0v) is 13.1. The molecule has 2 rings (SSSR count). The van der Waals surface area contributed by atoms with Crippen LogP contribution >= 0.6 is 11.8 Å². The van der Waals surface area contributed by atoms with Crippen molar-refractivity contribution < 1.29 is 9.66 Å². The summed E-state index contributed by atoms with van der Waals surface area (Å²) in [6.45, 7) is 0.869. The first-order valence-corrected chi connectivity index (χ1v) is 8.09. The van der Waals surface area contributed by atoms with Crippen LogP contribution in [-0.2, 0) is 11.3 Å². The van der Waals surface area contributed by atoms with Crippen molar-refractivity contribution in [1.29, 1.82) is 0 Å². The Morgan fingerprint density at radius 2 is 2.18 bits per heavy atom. The molecule has 1 aromatic rings. The number of nitrogens with zero attached hydrogens (tertiary/aromatic N) is 2. The topological polar surface area (TPSA) is 90.8 Å². The van der Waals surface area contributed by atoms with Gasteiger partial charge in [0.2, 0.25) is 0 Å². The zero-order chi connectivity index (χ0) is 15.8. The highest BCUT2D eigenvalue weighted by Gasteiger charge is 2.11. The Morgan fingerprint density at radius 1 is 1.36 bits per heavy atom. The summed E-state index contributed by atoms with van der Waals surface area (Å²) >= 11 is 1.56. The molecule has 0 radical (unpaired) electrons. The molecule has 1 aromatic carbocycles. The monoisotopic (exact) mass is 321 g/mol. The molecule has 7 heteroatoms. The quantitative estimate of drug-likeness (QED) is 0.451. The number of nitrogens with two attached hydrogens (primary N) is 1. The number of rotatable bonds is 8. The maximum absolute atomic E-state index is 10.9. The maximum atomic E-state index is 10.9. The molecule has 1 aliphatic rings. The summed E-state index contributed by atoms with van der Waals surface area (Å²) in [6, 6.07) is 6.67. The third-order valence-corrected chi connectivity index (χ3v) is 4.18. The number of amidine groups is 1. The molecule has 0 aromatic heterocycles. The number of thioether (sulfide) groups is 1. The fourth-order valence-electron chi connectivity index (χ4n) is 2.08. The van der Waals surface area contributed by atoms with Crippen molar-refractivity contribution in [3.05, 3.63) is 51.7 Å². The molecule has 22 heavy (non-hydrogen) atoms. The zero-order valence-electron chi connectivity index (χ0n) is 12.2. The number of benzene rings is 1. The second-order valence-electron chi connectivity index (χ2n) is 4.94. The van der Waals surface area contributed by atoms with Crippen LogP contribution in [0.5, 0.6) is 0 Å². The van der Waals surface area contributed by atoms with E-state index in [1.54, 1.807) is 30.0 Å². The van der Waals surface area contributed by atoms with Gasteiger partial charge >= 0.3 is 0 Å². The molecule has 2 N–H and O–H groups in total. The first-order valence-electron chi connectivity index (χ1n) is 7.11. The van der Waals surface area contributed by atoms with Gasteiger partial charge in [0.1, 0.15) is 0 Å². The highest BCUT2D eigenvalue weighted by molar-refractivity contribution is 8.14. The number of hydrogen-bond acceptors (Lipinski definition) is 6. The Hall–Kier alpha value is -1.86. The lowest BCUT2D eigenvalue weighted by molar-refractivity contribution is -0.385. The number of hydrogen-bond donors (Lipinski definition) is 1. The van der Waals surface area contributed by atoms with Gasteiger partial charge in [-0.3, -0.25) is 10.1 Å². The standard InChI is InChI=1S/C15H19N3O3S/c16-15-17-9-12(11-22-15)5-3-4-8-21-10-13-6-1-2-7-14(13)18(19)20/h1-2,6-7,9H,3-5,8,10-11H2,(H2,16,17). The minimum atomic E-state index is -0.377. The summed E-state index contributed by atoms with van der Waals surface area (Å²) in [4.78, 5) is 14.6. The number of nitro groups is 1. The van der Waals surface area contributed by atoms with Crippen molar-refractivity contribution in [1.82, 2.24) is 0 Å². The Labute approximate surface area is 133 Å². The van der Waals surface area contributed by atoms with Crippen LogP contribution < -0.4 is 5.73 Å². The van der Waals surface area contributed by atoms with Gasteiger partial charge < -0.3 is 10.5 Å². The SMILES string of the molecule is NC1=NC=C(CCCCOCc2ccccc2[N+](=O)[O-])CS1. The number of aliphatic imine (C=N–C) groups is 1. The molecule has 0 saturated heterocycles. The van der Waals surface area contributed by atoms with Crippen LogP contribution in [0.4, 0.5) is 5.69 Å². The number of para-hydroxylation sites is 1. The van der Waals surface area contributed by atoms with E-state index in [1.807, 2.05) is 6.20 Å². The average Bonchev–Trinajstić information content (AvgIpc) is 2.52. The van der Waals surface area contributed by atoms with Crippen LogP contribution in [-0.4, -0.2) is 22.5 Å². The maximum Gasteiger partial charge on any atom is 0.274 e. The molecule has 0 bridgehead atoms. The number of nitro benzene ring substituents is 1. The second kappa shape index (κ2) is 8.55. The van der Waals surface area contributed by atoms with Crippen molar-refractivity contribution in [3.8, 4) is 0 Å². The van der Waals surface area contributed by atoms with Crippen molar-refractivity contribution in [2.24, 2.45) is 10.7 Å². The Morgan fingerprint density at radius 3 is 2.91 bits per heavy atom. The molecule has 0 unspecified atom stereocenters. The largest absolute Gasteiger partial charge is 0.378 e. The molecule has 0 fully saturated rings. The lowest BCUT2D eigenvalue weighted by Crippen LogP contribution is -2.10. The molecule has 0 saturated carbocycles. The third-order valence-electron chi connectivity index (χ3n) is 3.26. The molecule has 0 atom stereocenters. The molecule has 1 heterocycles. The van der Waals surface area contributed by atoms with Crippen LogP contribution in [0.15, 0.2) is 41.0 Å². The smallest absolute Gasteiger partial charge is 0.274 e. The van der Waals surface area contributed by atoms with Gasteiger partial charge in [-0.15, -0.1) is 0 Å². The number of ether oxygens (including phenoxy) is 1. The Kier molecular flexibility index (Phi) is 6.42. The summed E-state index contributed by atoms with van der Waals surface area (Å²) in [5.41, 5.74) is 7.60. The molecule has 6 nitrogen and oxygen atoms in total. The van der Waals surface area contributed by atoms with Gasteiger partial charge in [0, 0.05) is 24.6 Å². The van der Waals surface area contributed by atoms with Crippen molar-refractivity contribution in [3.63, 3.8) is 0 Å². The highest BCUT2D eigenvalue weighted by atomic mass is 32.2. The van der Waals surface area contributed by atoms with E-state index in [0.29, 0.717) is 17.3 Å². The van der Waals surface area contributed by atoms with E-state index in [9.17, 15) is 10.1 Å². The number of unbranched alkanes of at least 4 members (excludes halogenated alkanes) is 1. The van der Waals surface area contributed by atoms with Crippen LogP contribution in [0.2, 0.25) is 0 Å². The predicted octanol–water partition coefficient (Wildman–Crippen LogP) is 3.23. The average molecular weight is 321 g/mol. The van der Waals surface area contributed by atoms with Crippen molar-refractivity contribution in [2.45, 2.75) is 25.9 Å². The van der Waals surface area contributed by atoms with E-state index in [4.69, 9.17) is 10.5 Å². The van der Waals surface area contributed by atoms with Crippen LogP contribution in [0.3, 0.4) is 0 Å². The summed E-state index contributed by atoms with van der Waals surface area (Å²) in [7, 11) is 0. The molecule has 1 aliphatic heterocycles. The summed E-state index contributed by atoms with van der Waals surface area (Å²) in [5.74, 6) is 0.909. The lowest BCUT2D eigenvalue weighted by Gasteiger charge is -2.10. The first-order chi connectivity index (χ1) is 10.7. The van der Waals surface area contributed by atoms with Gasteiger partial charge in [0.05, 0.1) is 17.1 Å². The van der Waals surface area contributed by atoms with E-state index in [2.05, 4.69) is 4.99 Å².